The van der Waals surface area contributed by atoms with Gasteiger partial charge in [0.25, 0.3) is 6.43 Å². The first-order chi connectivity index (χ1) is 9.15. The summed E-state index contributed by atoms with van der Waals surface area (Å²) in [6.07, 6.45) is 0.661. The van der Waals surface area contributed by atoms with Crippen LogP contribution in [0, 0.1) is 0 Å². The lowest BCUT2D eigenvalue weighted by Gasteiger charge is -2.22. The number of halogens is 3. The fourth-order valence-electron chi connectivity index (χ4n) is 1.66. The molecule has 0 aliphatic rings. The number of hydrogen-bond donors (Lipinski definition) is 0. The van der Waals surface area contributed by atoms with Crippen LogP contribution >= 0.6 is 15.9 Å². The van der Waals surface area contributed by atoms with Crippen molar-refractivity contribution in [3.05, 3.63) is 52.8 Å². The summed E-state index contributed by atoms with van der Waals surface area (Å²) < 4.78 is 26.0. The Kier molecular flexibility index (Phi) is 4.79. The summed E-state index contributed by atoms with van der Waals surface area (Å²) >= 11 is 3.22. The Morgan fingerprint density at radius 3 is 2.32 bits per heavy atom. The Labute approximate surface area is 118 Å². The van der Waals surface area contributed by atoms with Gasteiger partial charge in [-0.3, -0.25) is 0 Å². The summed E-state index contributed by atoms with van der Waals surface area (Å²) in [7, 11) is 0. The number of nitrogens with zero attached hydrogens (tertiary/aromatic N) is 3. The summed E-state index contributed by atoms with van der Waals surface area (Å²) in [4.78, 5) is 9.59. The highest BCUT2D eigenvalue weighted by atomic mass is 79.9. The molecule has 0 radical (unpaired) electrons. The molecule has 0 amide bonds. The van der Waals surface area contributed by atoms with Gasteiger partial charge in [0.15, 0.2) is 0 Å². The van der Waals surface area contributed by atoms with Gasteiger partial charge in [-0.2, -0.15) is 0 Å². The molecular weight excluding hydrogens is 316 g/mol. The number of benzene rings is 1. The fraction of sp³-hybridized carbons (Fsp3) is 0.231. The van der Waals surface area contributed by atoms with E-state index in [1.807, 2.05) is 30.3 Å². The van der Waals surface area contributed by atoms with Crippen molar-refractivity contribution in [2.45, 2.75) is 13.0 Å². The van der Waals surface area contributed by atoms with Crippen LogP contribution in [0.2, 0.25) is 0 Å². The molecule has 0 unspecified atom stereocenters. The first-order valence-electron chi connectivity index (χ1n) is 5.69. The van der Waals surface area contributed by atoms with E-state index in [0.29, 0.717) is 17.0 Å². The Bertz CT molecular complexity index is 505. The van der Waals surface area contributed by atoms with E-state index in [2.05, 4.69) is 25.9 Å². The van der Waals surface area contributed by atoms with Crippen molar-refractivity contribution >= 4 is 21.9 Å². The predicted octanol–water partition coefficient (Wildman–Crippen LogP) is 3.51. The third-order valence-electron chi connectivity index (χ3n) is 2.46. The molecule has 0 atom stereocenters. The van der Waals surface area contributed by atoms with Crippen molar-refractivity contribution in [1.29, 1.82) is 0 Å². The molecular formula is C13H12BrF2N3. The summed E-state index contributed by atoms with van der Waals surface area (Å²) in [5.74, 6) is 0.298. The monoisotopic (exact) mass is 327 g/mol. The van der Waals surface area contributed by atoms with Gasteiger partial charge in [-0.1, -0.05) is 30.3 Å². The van der Waals surface area contributed by atoms with Crippen LogP contribution < -0.4 is 4.90 Å². The van der Waals surface area contributed by atoms with Crippen LogP contribution in [0.25, 0.3) is 0 Å². The highest BCUT2D eigenvalue weighted by Gasteiger charge is 2.15. The molecule has 0 fully saturated rings. The average molecular weight is 328 g/mol. The van der Waals surface area contributed by atoms with Gasteiger partial charge in [-0.15, -0.1) is 0 Å². The van der Waals surface area contributed by atoms with Crippen molar-refractivity contribution in [2.24, 2.45) is 0 Å². The van der Waals surface area contributed by atoms with Crippen LogP contribution in [0.15, 0.2) is 47.2 Å². The van der Waals surface area contributed by atoms with Gasteiger partial charge < -0.3 is 4.90 Å². The lowest BCUT2D eigenvalue weighted by molar-refractivity contribution is 0.154. The Hall–Kier alpha value is -1.56. The van der Waals surface area contributed by atoms with Gasteiger partial charge in [-0.25, -0.2) is 18.7 Å². The lowest BCUT2D eigenvalue weighted by Crippen LogP contribution is -2.29. The highest BCUT2D eigenvalue weighted by Crippen LogP contribution is 2.15. The standard InChI is InChI=1S/C13H12BrF2N3/c14-11-6-17-13(18-7-11)19(9-12(15)16)8-10-4-2-1-3-5-10/h1-7,12H,8-9H2. The number of rotatable bonds is 5. The molecule has 1 heterocycles. The molecule has 0 aliphatic heterocycles. The van der Waals surface area contributed by atoms with E-state index in [4.69, 9.17) is 0 Å². The Morgan fingerprint density at radius 1 is 1.11 bits per heavy atom. The van der Waals surface area contributed by atoms with E-state index in [1.54, 1.807) is 12.4 Å². The molecule has 0 saturated heterocycles. The molecule has 3 nitrogen and oxygen atoms in total. The molecule has 0 aliphatic carbocycles. The molecule has 2 aromatic rings. The van der Waals surface area contributed by atoms with Crippen molar-refractivity contribution in [3.8, 4) is 0 Å². The zero-order chi connectivity index (χ0) is 13.7. The molecule has 0 spiro atoms. The smallest absolute Gasteiger partial charge is 0.255 e. The zero-order valence-corrected chi connectivity index (χ0v) is 11.6. The van der Waals surface area contributed by atoms with Gasteiger partial charge in [0, 0.05) is 18.9 Å². The van der Waals surface area contributed by atoms with Gasteiger partial charge in [0.05, 0.1) is 11.0 Å². The minimum absolute atomic E-state index is 0.298. The second kappa shape index (κ2) is 6.56. The van der Waals surface area contributed by atoms with Gasteiger partial charge >= 0.3 is 0 Å². The molecule has 100 valence electrons. The van der Waals surface area contributed by atoms with E-state index < -0.39 is 13.0 Å². The molecule has 19 heavy (non-hydrogen) atoms. The first kappa shape index (κ1) is 13.9. The van der Waals surface area contributed by atoms with E-state index in [0.717, 1.165) is 5.56 Å². The number of anilines is 1. The summed E-state index contributed by atoms with van der Waals surface area (Å²) in [5.41, 5.74) is 0.940. The molecule has 6 heteroatoms. The zero-order valence-electron chi connectivity index (χ0n) is 10.0. The molecule has 1 aromatic carbocycles. The van der Waals surface area contributed by atoms with Crippen LogP contribution in [0.3, 0.4) is 0 Å². The molecule has 1 aromatic heterocycles. The highest BCUT2D eigenvalue weighted by molar-refractivity contribution is 9.10. The van der Waals surface area contributed by atoms with Crippen LogP contribution in [-0.2, 0) is 6.54 Å². The second-order valence-corrected chi connectivity index (χ2v) is 4.87. The van der Waals surface area contributed by atoms with Gasteiger partial charge in [0.2, 0.25) is 5.95 Å². The maximum Gasteiger partial charge on any atom is 0.255 e. The third kappa shape index (κ3) is 4.24. The number of alkyl halides is 2. The first-order valence-corrected chi connectivity index (χ1v) is 6.49. The van der Waals surface area contributed by atoms with Crippen LogP contribution in [0.1, 0.15) is 5.56 Å². The van der Waals surface area contributed by atoms with Crippen LogP contribution in [0.5, 0.6) is 0 Å². The lowest BCUT2D eigenvalue weighted by atomic mass is 10.2. The third-order valence-corrected chi connectivity index (χ3v) is 2.87. The Morgan fingerprint density at radius 2 is 1.74 bits per heavy atom. The van der Waals surface area contributed by atoms with Crippen molar-refractivity contribution < 1.29 is 8.78 Å². The normalized spacial score (nSPS) is 10.7. The largest absolute Gasteiger partial charge is 0.331 e. The topological polar surface area (TPSA) is 29.0 Å². The van der Waals surface area contributed by atoms with Crippen LogP contribution in [0.4, 0.5) is 14.7 Å². The van der Waals surface area contributed by atoms with E-state index in [1.165, 1.54) is 4.90 Å². The minimum Gasteiger partial charge on any atom is -0.331 e. The molecule has 0 N–H and O–H groups in total. The van der Waals surface area contributed by atoms with Crippen LogP contribution in [-0.4, -0.2) is 22.9 Å². The summed E-state index contributed by atoms with van der Waals surface area (Å²) in [5, 5.41) is 0. The fourth-order valence-corrected chi connectivity index (χ4v) is 1.86. The van der Waals surface area contributed by atoms with Gasteiger partial charge in [0.1, 0.15) is 0 Å². The SMILES string of the molecule is FC(F)CN(Cc1ccccc1)c1ncc(Br)cn1. The average Bonchev–Trinajstić information content (AvgIpc) is 2.39. The predicted molar refractivity (Wildman–Crippen MR) is 73.2 cm³/mol. The van der Waals surface area contributed by atoms with E-state index in [-0.39, 0.29) is 0 Å². The molecule has 0 saturated carbocycles. The number of aromatic nitrogens is 2. The summed E-state index contributed by atoms with van der Waals surface area (Å²) in [6.45, 7) is -0.0384. The number of hydrogen-bond acceptors (Lipinski definition) is 3. The summed E-state index contributed by atoms with van der Waals surface area (Å²) in [6, 6.07) is 9.41. The van der Waals surface area contributed by atoms with Crippen molar-refractivity contribution in [2.75, 3.05) is 11.4 Å². The maximum atomic E-state index is 12.6. The van der Waals surface area contributed by atoms with Gasteiger partial charge in [-0.05, 0) is 21.5 Å². The van der Waals surface area contributed by atoms with E-state index in [9.17, 15) is 8.78 Å². The minimum atomic E-state index is -2.43. The second-order valence-electron chi connectivity index (χ2n) is 3.96. The molecule has 2 rings (SSSR count). The van der Waals surface area contributed by atoms with Crippen molar-refractivity contribution in [3.63, 3.8) is 0 Å². The van der Waals surface area contributed by atoms with E-state index >= 15 is 0 Å². The quantitative estimate of drug-likeness (QED) is 0.841. The maximum absolute atomic E-state index is 12.6. The van der Waals surface area contributed by atoms with Crippen molar-refractivity contribution in [1.82, 2.24) is 9.97 Å². The molecule has 0 bridgehead atoms. The Balaban J connectivity index is 2.18.